The third kappa shape index (κ3) is 3.12. The van der Waals surface area contributed by atoms with Crippen molar-refractivity contribution in [1.29, 1.82) is 0 Å². The van der Waals surface area contributed by atoms with Gasteiger partial charge in [0.05, 0.1) is 19.4 Å². The summed E-state index contributed by atoms with van der Waals surface area (Å²) in [6, 6.07) is 3.70. The zero-order valence-corrected chi connectivity index (χ0v) is 6.64. The van der Waals surface area contributed by atoms with Gasteiger partial charge in [0.2, 0.25) is 0 Å². The molecule has 64 valence electrons. The molecule has 0 bridgehead atoms. The van der Waals surface area contributed by atoms with E-state index in [1.807, 2.05) is 12.1 Å². The molecule has 0 saturated carbocycles. The molecule has 1 aromatic rings. The van der Waals surface area contributed by atoms with Crippen LogP contribution in [0, 0.1) is 0 Å². The van der Waals surface area contributed by atoms with Gasteiger partial charge in [-0.15, -0.1) is 0 Å². The molecular formula is C8H11N3O. The summed E-state index contributed by atoms with van der Waals surface area (Å²) in [5.74, 6) is 0. The van der Waals surface area contributed by atoms with Crippen molar-refractivity contribution in [2.45, 2.75) is 0 Å². The molecule has 1 aromatic heterocycles. The average molecular weight is 165 g/mol. The van der Waals surface area contributed by atoms with Gasteiger partial charge in [0.1, 0.15) is 0 Å². The Balaban J connectivity index is 2.36. The van der Waals surface area contributed by atoms with Crippen molar-refractivity contribution in [3.05, 3.63) is 30.1 Å². The summed E-state index contributed by atoms with van der Waals surface area (Å²) in [7, 11) is 0. The molecule has 0 fully saturated rings. The van der Waals surface area contributed by atoms with Gasteiger partial charge in [-0.3, -0.25) is 4.98 Å². The minimum absolute atomic E-state index is 0.0910. The van der Waals surface area contributed by atoms with Crippen molar-refractivity contribution in [1.82, 2.24) is 10.4 Å². The Bertz CT molecular complexity index is 235. The third-order valence-corrected chi connectivity index (χ3v) is 1.23. The van der Waals surface area contributed by atoms with Gasteiger partial charge < -0.3 is 10.5 Å². The number of hydrogen-bond donors (Lipinski definition) is 2. The molecular weight excluding hydrogens is 154 g/mol. The van der Waals surface area contributed by atoms with E-state index in [1.54, 1.807) is 18.6 Å². The Morgan fingerprint density at radius 1 is 1.50 bits per heavy atom. The number of aliphatic hydroxyl groups excluding tert-OH is 1. The number of hydrazone groups is 1. The Hall–Kier alpha value is -1.42. The first-order valence-electron chi connectivity index (χ1n) is 3.70. The first-order valence-corrected chi connectivity index (χ1v) is 3.70. The monoisotopic (exact) mass is 165 g/mol. The van der Waals surface area contributed by atoms with Crippen LogP contribution >= 0.6 is 0 Å². The van der Waals surface area contributed by atoms with Gasteiger partial charge in [-0.25, -0.2) is 0 Å². The maximum atomic E-state index is 8.42. The summed E-state index contributed by atoms with van der Waals surface area (Å²) in [6.07, 6.45) is 5.08. The second-order valence-electron chi connectivity index (χ2n) is 2.17. The van der Waals surface area contributed by atoms with Crippen LogP contribution in [-0.2, 0) is 0 Å². The van der Waals surface area contributed by atoms with Crippen molar-refractivity contribution in [3.8, 4) is 0 Å². The maximum absolute atomic E-state index is 8.42. The zero-order chi connectivity index (χ0) is 8.65. The Labute approximate surface area is 71.0 Å². The van der Waals surface area contributed by atoms with E-state index in [0.29, 0.717) is 6.54 Å². The second-order valence-corrected chi connectivity index (χ2v) is 2.17. The summed E-state index contributed by atoms with van der Waals surface area (Å²) >= 11 is 0. The average Bonchev–Trinajstić information content (AvgIpc) is 2.14. The van der Waals surface area contributed by atoms with E-state index in [1.165, 1.54) is 0 Å². The fraction of sp³-hybridized carbons (Fsp3) is 0.250. The summed E-state index contributed by atoms with van der Waals surface area (Å²) in [6.45, 7) is 0.565. The number of pyridine rings is 1. The molecule has 0 aromatic carbocycles. The van der Waals surface area contributed by atoms with Crippen molar-refractivity contribution >= 4 is 6.21 Å². The third-order valence-electron chi connectivity index (χ3n) is 1.23. The molecule has 1 heterocycles. The van der Waals surface area contributed by atoms with Crippen LogP contribution in [0.2, 0.25) is 0 Å². The molecule has 4 nitrogen and oxygen atoms in total. The first-order chi connectivity index (χ1) is 5.93. The number of rotatable bonds is 4. The molecule has 4 heteroatoms. The number of hydrogen-bond acceptors (Lipinski definition) is 4. The van der Waals surface area contributed by atoms with Crippen molar-refractivity contribution in [2.24, 2.45) is 5.10 Å². The maximum Gasteiger partial charge on any atom is 0.0620 e. The summed E-state index contributed by atoms with van der Waals surface area (Å²) < 4.78 is 0. The number of nitrogens with one attached hydrogen (secondary N) is 1. The van der Waals surface area contributed by atoms with Gasteiger partial charge in [0.25, 0.3) is 0 Å². The minimum atomic E-state index is 0.0910. The van der Waals surface area contributed by atoms with Gasteiger partial charge in [-0.05, 0) is 17.7 Å². The molecule has 0 radical (unpaired) electrons. The van der Waals surface area contributed by atoms with E-state index in [0.717, 1.165) is 5.56 Å². The minimum Gasteiger partial charge on any atom is -0.394 e. The molecule has 0 aliphatic rings. The number of aliphatic hydroxyl groups is 1. The lowest BCUT2D eigenvalue weighted by Crippen LogP contribution is -2.11. The Kier molecular flexibility index (Phi) is 3.80. The highest BCUT2D eigenvalue weighted by Crippen LogP contribution is 1.89. The molecule has 1 rings (SSSR count). The predicted octanol–water partition coefficient (Wildman–Crippen LogP) is -0.00260. The van der Waals surface area contributed by atoms with E-state index in [4.69, 9.17) is 5.11 Å². The second kappa shape index (κ2) is 5.26. The molecule has 0 aliphatic heterocycles. The van der Waals surface area contributed by atoms with E-state index in [9.17, 15) is 0 Å². The van der Waals surface area contributed by atoms with Crippen LogP contribution in [0.4, 0.5) is 0 Å². The van der Waals surface area contributed by atoms with Gasteiger partial charge in [0.15, 0.2) is 0 Å². The van der Waals surface area contributed by atoms with Crippen molar-refractivity contribution < 1.29 is 5.11 Å². The molecule has 0 aliphatic carbocycles. The van der Waals surface area contributed by atoms with Crippen LogP contribution in [-0.4, -0.2) is 29.5 Å². The Morgan fingerprint density at radius 2 is 2.25 bits per heavy atom. The van der Waals surface area contributed by atoms with Gasteiger partial charge in [-0.2, -0.15) is 5.10 Å². The smallest absolute Gasteiger partial charge is 0.0620 e. The van der Waals surface area contributed by atoms with E-state index >= 15 is 0 Å². The lowest BCUT2D eigenvalue weighted by Gasteiger charge is -1.94. The molecule has 2 N–H and O–H groups in total. The quantitative estimate of drug-likeness (QED) is 0.375. The molecule has 0 amide bonds. The fourth-order valence-corrected chi connectivity index (χ4v) is 0.684. The highest BCUT2D eigenvalue weighted by Gasteiger charge is 1.82. The lowest BCUT2D eigenvalue weighted by atomic mass is 10.3. The van der Waals surface area contributed by atoms with Crippen LogP contribution in [0.25, 0.3) is 0 Å². The van der Waals surface area contributed by atoms with Gasteiger partial charge >= 0.3 is 0 Å². The highest BCUT2D eigenvalue weighted by atomic mass is 16.3. The molecule has 0 atom stereocenters. The van der Waals surface area contributed by atoms with Crippen molar-refractivity contribution in [2.75, 3.05) is 13.2 Å². The molecule has 0 unspecified atom stereocenters. The van der Waals surface area contributed by atoms with Gasteiger partial charge in [-0.1, -0.05) is 0 Å². The zero-order valence-electron chi connectivity index (χ0n) is 6.64. The van der Waals surface area contributed by atoms with E-state index < -0.39 is 0 Å². The molecule has 0 saturated heterocycles. The largest absolute Gasteiger partial charge is 0.394 e. The fourth-order valence-electron chi connectivity index (χ4n) is 0.684. The van der Waals surface area contributed by atoms with Crippen LogP contribution in [0.15, 0.2) is 29.6 Å². The Morgan fingerprint density at radius 3 is 2.92 bits per heavy atom. The SMILES string of the molecule is OCCN/N=C/c1ccncc1. The standard InChI is InChI=1S/C8H11N3O/c12-6-5-10-11-7-8-1-3-9-4-2-8/h1-4,7,10,12H,5-6H2/b11-7+. The van der Waals surface area contributed by atoms with Gasteiger partial charge in [0, 0.05) is 12.4 Å². The van der Waals surface area contributed by atoms with E-state index in [2.05, 4.69) is 15.5 Å². The molecule has 0 spiro atoms. The van der Waals surface area contributed by atoms with E-state index in [-0.39, 0.29) is 6.61 Å². The summed E-state index contributed by atoms with van der Waals surface area (Å²) in [5.41, 5.74) is 3.66. The van der Waals surface area contributed by atoms with Crippen LogP contribution in [0.5, 0.6) is 0 Å². The lowest BCUT2D eigenvalue weighted by molar-refractivity contribution is 0.294. The van der Waals surface area contributed by atoms with Crippen LogP contribution in [0.1, 0.15) is 5.56 Å². The molecule has 12 heavy (non-hydrogen) atoms. The number of nitrogens with zero attached hydrogens (tertiary/aromatic N) is 2. The number of aromatic nitrogens is 1. The summed E-state index contributed by atoms with van der Waals surface area (Å²) in [5, 5.41) is 12.3. The van der Waals surface area contributed by atoms with Crippen LogP contribution in [0.3, 0.4) is 0 Å². The summed E-state index contributed by atoms with van der Waals surface area (Å²) in [4.78, 5) is 3.87. The van der Waals surface area contributed by atoms with Crippen molar-refractivity contribution in [3.63, 3.8) is 0 Å². The highest BCUT2D eigenvalue weighted by molar-refractivity contribution is 5.78. The predicted molar refractivity (Wildman–Crippen MR) is 46.9 cm³/mol. The topological polar surface area (TPSA) is 57.5 Å². The normalized spacial score (nSPS) is 10.4. The first kappa shape index (κ1) is 8.67. The van der Waals surface area contributed by atoms with Crippen LogP contribution < -0.4 is 5.43 Å².